The minimum absolute atomic E-state index is 0.0745. The molecule has 0 heterocycles. The Kier molecular flexibility index (Phi) is 7.88. The van der Waals surface area contributed by atoms with Crippen LogP contribution in [0.3, 0.4) is 0 Å². The minimum Gasteiger partial charge on any atom is -0.342 e. The van der Waals surface area contributed by atoms with Crippen molar-refractivity contribution in [2.24, 2.45) is 5.73 Å². The van der Waals surface area contributed by atoms with Crippen molar-refractivity contribution in [3.05, 3.63) is 0 Å². The van der Waals surface area contributed by atoms with E-state index in [0.29, 0.717) is 0 Å². The first kappa shape index (κ1) is 14.8. The Morgan fingerprint density at radius 2 is 2.07 bits per heavy atom. The maximum atomic E-state index is 11.8. The second kappa shape index (κ2) is 7.99. The van der Waals surface area contributed by atoms with E-state index in [2.05, 4.69) is 13.2 Å². The number of amides is 1. The Labute approximate surface area is 97.8 Å². The summed E-state index contributed by atoms with van der Waals surface area (Å²) in [6, 6.07) is -0.0374. The highest BCUT2D eigenvalue weighted by atomic mass is 32.2. The van der Waals surface area contributed by atoms with Crippen molar-refractivity contribution in [2.75, 3.05) is 19.1 Å². The molecule has 0 radical (unpaired) electrons. The maximum absolute atomic E-state index is 11.8. The van der Waals surface area contributed by atoms with Gasteiger partial charge in [0.2, 0.25) is 5.91 Å². The molecule has 1 amide bonds. The molecule has 0 saturated heterocycles. The molecule has 3 nitrogen and oxygen atoms in total. The smallest absolute Gasteiger partial charge is 0.239 e. The van der Waals surface area contributed by atoms with Gasteiger partial charge in [0.1, 0.15) is 0 Å². The molecule has 0 aliphatic heterocycles. The Hall–Kier alpha value is -0.220. The lowest BCUT2D eigenvalue weighted by atomic mass is 10.1. The van der Waals surface area contributed by atoms with E-state index in [1.54, 1.807) is 4.90 Å². The van der Waals surface area contributed by atoms with Gasteiger partial charge in [0, 0.05) is 13.1 Å². The first-order chi connectivity index (χ1) is 7.04. The molecule has 2 unspecified atom stereocenters. The topological polar surface area (TPSA) is 46.3 Å². The van der Waals surface area contributed by atoms with Gasteiger partial charge in [0.15, 0.2) is 0 Å². The molecule has 4 heteroatoms. The molecule has 0 aromatic carbocycles. The zero-order valence-electron chi connectivity index (χ0n) is 10.3. The van der Waals surface area contributed by atoms with Crippen LogP contribution in [0.2, 0.25) is 0 Å². The molecule has 0 aromatic heterocycles. The van der Waals surface area contributed by atoms with Gasteiger partial charge >= 0.3 is 0 Å². The number of rotatable bonds is 7. The fraction of sp³-hybridized carbons (Fsp3) is 0.909. The molecule has 0 rings (SSSR count). The van der Waals surface area contributed by atoms with E-state index in [9.17, 15) is 4.79 Å². The molecule has 15 heavy (non-hydrogen) atoms. The largest absolute Gasteiger partial charge is 0.342 e. The van der Waals surface area contributed by atoms with Crippen molar-refractivity contribution in [1.82, 2.24) is 4.90 Å². The fourth-order valence-corrected chi connectivity index (χ4v) is 1.97. The zero-order chi connectivity index (χ0) is 11.8. The summed E-state index contributed by atoms with van der Waals surface area (Å²) in [4.78, 5) is 13.6. The van der Waals surface area contributed by atoms with Crippen LogP contribution in [0.25, 0.3) is 0 Å². The average molecular weight is 232 g/mol. The third-order valence-corrected chi connectivity index (χ3v) is 3.31. The minimum atomic E-state index is -0.322. The number of thioether (sulfide) groups is 1. The third kappa shape index (κ3) is 5.42. The number of nitrogens with two attached hydrogens (primary N) is 1. The predicted octanol–water partition coefficient (Wildman–Crippen LogP) is 1.71. The molecule has 0 aliphatic carbocycles. The van der Waals surface area contributed by atoms with Crippen molar-refractivity contribution >= 4 is 17.7 Å². The van der Waals surface area contributed by atoms with Gasteiger partial charge in [0.05, 0.1) is 6.04 Å². The normalized spacial score (nSPS) is 14.7. The van der Waals surface area contributed by atoms with Crippen molar-refractivity contribution in [3.8, 4) is 0 Å². The quantitative estimate of drug-likeness (QED) is 0.727. The van der Waals surface area contributed by atoms with Crippen LogP contribution in [0.15, 0.2) is 0 Å². The van der Waals surface area contributed by atoms with Crippen molar-refractivity contribution < 1.29 is 4.79 Å². The number of likely N-dealkylation sites (N-methyl/N-ethyl adjacent to an activating group) is 1. The summed E-state index contributed by atoms with van der Waals surface area (Å²) in [6.07, 6.45) is 4.85. The van der Waals surface area contributed by atoms with Crippen LogP contribution in [0.4, 0.5) is 0 Å². The Morgan fingerprint density at radius 1 is 1.47 bits per heavy atom. The molecule has 2 atom stereocenters. The van der Waals surface area contributed by atoms with Gasteiger partial charge in [-0.05, 0) is 31.8 Å². The van der Waals surface area contributed by atoms with Gasteiger partial charge in [0.25, 0.3) is 0 Å². The molecular weight excluding hydrogens is 208 g/mol. The average Bonchev–Trinajstić information content (AvgIpc) is 2.24. The Morgan fingerprint density at radius 3 is 2.53 bits per heavy atom. The number of hydrogen-bond acceptors (Lipinski definition) is 3. The third-order valence-electron chi connectivity index (χ3n) is 2.67. The summed E-state index contributed by atoms with van der Waals surface area (Å²) in [5.41, 5.74) is 5.80. The number of carbonyl (C=O) groups excluding carboxylic acids is 1. The molecule has 2 N–H and O–H groups in total. The first-order valence-corrected chi connectivity index (χ1v) is 6.95. The Balaban J connectivity index is 4.05. The molecular formula is C11H24N2OS. The van der Waals surface area contributed by atoms with Crippen LogP contribution in [0.5, 0.6) is 0 Å². The van der Waals surface area contributed by atoms with Gasteiger partial charge < -0.3 is 10.6 Å². The maximum Gasteiger partial charge on any atom is 0.239 e. The zero-order valence-corrected chi connectivity index (χ0v) is 11.1. The van der Waals surface area contributed by atoms with Crippen molar-refractivity contribution in [3.63, 3.8) is 0 Å². The second-order valence-corrected chi connectivity index (χ2v) is 4.96. The highest BCUT2D eigenvalue weighted by Gasteiger charge is 2.20. The highest BCUT2D eigenvalue weighted by Crippen LogP contribution is 2.08. The lowest BCUT2D eigenvalue weighted by Crippen LogP contribution is -2.45. The van der Waals surface area contributed by atoms with E-state index in [0.717, 1.165) is 25.0 Å². The van der Waals surface area contributed by atoms with Gasteiger partial charge in [-0.15, -0.1) is 0 Å². The Bertz CT molecular complexity index is 187. The van der Waals surface area contributed by atoms with Crippen LogP contribution in [-0.4, -0.2) is 41.9 Å². The molecule has 0 spiro atoms. The summed E-state index contributed by atoms with van der Waals surface area (Å²) in [5.74, 6) is 1.16. The SMILES string of the molecule is CCCC(N)C(=O)N(C)C(C)CCSC. The second-order valence-electron chi connectivity index (χ2n) is 3.97. The van der Waals surface area contributed by atoms with Crippen LogP contribution in [0, 0.1) is 0 Å². The van der Waals surface area contributed by atoms with E-state index in [1.807, 2.05) is 25.7 Å². The van der Waals surface area contributed by atoms with E-state index in [-0.39, 0.29) is 18.0 Å². The predicted molar refractivity (Wildman–Crippen MR) is 68.1 cm³/mol. The molecule has 90 valence electrons. The van der Waals surface area contributed by atoms with Crippen LogP contribution in [-0.2, 0) is 4.79 Å². The number of hydrogen-bond donors (Lipinski definition) is 1. The fourth-order valence-electron chi connectivity index (χ4n) is 1.40. The summed E-state index contributed by atoms with van der Waals surface area (Å²) in [7, 11) is 1.85. The number of carbonyl (C=O) groups is 1. The van der Waals surface area contributed by atoms with Crippen molar-refractivity contribution in [1.29, 1.82) is 0 Å². The van der Waals surface area contributed by atoms with Crippen LogP contribution >= 0.6 is 11.8 Å². The summed E-state index contributed by atoms with van der Waals surface area (Å²) >= 11 is 1.81. The summed E-state index contributed by atoms with van der Waals surface area (Å²) < 4.78 is 0. The highest BCUT2D eigenvalue weighted by molar-refractivity contribution is 7.98. The molecule has 0 fully saturated rings. The molecule has 0 saturated carbocycles. The lowest BCUT2D eigenvalue weighted by Gasteiger charge is -2.27. The molecule has 0 bridgehead atoms. The lowest BCUT2D eigenvalue weighted by molar-refractivity contribution is -0.133. The van der Waals surface area contributed by atoms with E-state index < -0.39 is 0 Å². The molecule has 0 aromatic rings. The van der Waals surface area contributed by atoms with Gasteiger partial charge in [-0.3, -0.25) is 4.79 Å². The van der Waals surface area contributed by atoms with E-state index in [1.165, 1.54) is 0 Å². The molecule has 0 aliphatic rings. The van der Waals surface area contributed by atoms with Crippen molar-refractivity contribution in [2.45, 2.75) is 45.2 Å². The first-order valence-electron chi connectivity index (χ1n) is 5.55. The summed E-state index contributed by atoms with van der Waals surface area (Å²) in [6.45, 7) is 4.12. The van der Waals surface area contributed by atoms with Gasteiger partial charge in [-0.2, -0.15) is 11.8 Å². The van der Waals surface area contributed by atoms with Gasteiger partial charge in [-0.25, -0.2) is 0 Å². The van der Waals surface area contributed by atoms with Crippen LogP contribution in [0.1, 0.15) is 33.1 Å². The number of nitrogens with zero attached hydrogens (tertiary/aromatic N) is 1. The van der Waals surface area contributed by atoms with Crippen LogP contribution < -0.4 is 5.73 Å². The van der Waals surface area contributed by atoms with Gasteiger partial charge in [-0.1, -0.05) is 13.3 Å². The summed E-state index contributed by atoms with van der Waals surface area (Å²) in [5, 5.41) is 0. The van der Waals surface area contributed by atoms with E-state index >= 15 is 0 Å². The monoisotopic (exact) mass is 232 g/mol. The van der Waals surface area contributed by atoms with E-state index in [4.69, 9.17) is 5.73 Å². The standard InChI is InChI=1S/C11H24N2OS/c1-5-6-10(12)11(14)13(3)9(2)7-8-15-4/h9-10H,5-8,12H2,1-4H3.